The molecule has 0 atom stereocenters. The summed E-state index contributed by atoms with van der Waals surface area (Å²) in [6, 6.07) is 0. The third kappa shape index (κ3) is 15.5. The van der Waals surface area contributed by atoms with Crippen molar-refractivity contribution in [3.05, 3.63) is 11.9 Å². The minimum Gasteiger partial charge on any atom is -0.399 e. The zero-order valence-corrected chi connectivity index (χ0v) is 17.8. The molecule has 0 amide bonds. The molecule has 0 heterocycles. The van der Waals surface area contributed by atoms with Gasteiger partial charge in [0.1, 0.15) is 24.1 Å². The molecule has 0 aliphatic carbocycles. The van der Waals surface area contributed by atoms with Gasteiger partial charge >= 0.3 is 0 Å². The molecule has 0 spiro atoms. The first-order chi connectivity index (χ1) is 14.4. The van der Waals surface area contributed by atoms with E-state index in [1.165, 1.54) is 5.01 Å². The first-order valence-electron chi connectivity index (χ1n) is 10.1. The number of hydrazine groups is 1. The van der Waals surface area contributed by atoms with E-state index < -0.39 is 18.3 Å². The van der Waals surface area contributed by atoms with Crippen molar-refractivity contribution >= 4 is 5.78 Å². The molecule has 178 valence electrons. The molecular formula is C19H39N3O8. The molecule has 0 aliphatic heterocycles. The van der Waals surface area contributed by atoms with E-state index in [9.17, 15) is 4.79 Å². The van der Waals surface area contributed by atoms with Crippen LogP contribution in [-0.4, -0.2) is 102 Å². The van der Waals surface area contributed by atoms with Crippen molar-refractivity contribution in [1.82, 2.24) is 5.01 Å². The van der Waals surface area contributed by atoms with E-state index in [0.717, 1.165) is 19.3 Å². The molecule has 0 aliphatic rings. The largest absolute Gasteiger partial charge is 0.399 e. The monoisotopic (exact) mass is 437 g/mol. The number of hydrogen-bond acceptors (Lipinski definition) is 11. The first-order valence-corrected chi connectivity index (χ1v) is 10.1. The number of nitrogens with two attached hydrogens (primary N) is 2. The highest BCUT2D eigenvalue weighted by molar-refractivity contribution is 5.75. The fourth-order valence-corrected chi connectivity index (χ4v) is 2.33. The number of carbonyl (C=O) groups excluding carboxylic acids is 1. The van der Waals surface area contributed by atoms with Crippen molar-refractivity contribution in [2.75, 3.05) is 52.8 Å². The quantitative estimate of drug-likeness (QED) is 0.0721. The molecule has 30 heavy (non-hydrogen) atoms. The number of aliphatic hydroxyl groups excluding tert-OH is 4. The molecule has 0 aromatic rings. The Bertz CT molecular complexity index is 443. The van der Waals surface area contributed by atoms with Crippen LogP contribution < -0.4 is 11.6 Å². The summed E-state index contributed by atoms with van der Waals surface area (Å²) in [5.74, 6) is 6.06. The topological polar surface area (TPSA) is 181 Å². The van der Waals surface area contributed by atoms with Gasteiger partial charge in [0.05, 0.1) is 51.9 Å². The molecular weight excluding hydrogens is 398 g/mol. The van der Waals surface area contributed by atoms with Crippen molar-refractivity contribution in [2.45, 2.75) is 50.9 Å². The highest BCUT2D eigenvalue weighted by Crippen LogP contribution is 2.04. The van der Waals surface area contributed by atoms with Crippen LogP contribution in [-0.2, 0) is 19.0 Å². The van der Waals surface area contributed by atoms with Gasteiger partial charge in [-0.1, -0.05) is 6.42 Å². The molecule has 0 saturated heterocycles. The second-order valence-corrected chi connectivity index (χ2v) is 7.03. The zero-order chi connectivity index (χ0) is 22.8. The zero-order valence-electron chi connectivity index (χ0n) is 17.8. The van der Waals surface area contributed by atoms with Crippen molar-refractivity contribution in [1.29, 1.82) is 0 Å². The maximum Gasteiger partial charge on any atom is 0.129 e. The number of hydrogen-bond donors (Lipinski definition) is 6. The Balaban J connectivity index is 4.46. The lowest BCUT2D eigenvalue weighted by Gasteiger charge is -2.23. The average molecular weight is 438 g/mol. The summed E-state index contributed by atoms with van der Waals surface area (Å²) in [7, 11) is 0. The van der Waals surface area contributed by atoms with Gasteiger partial charge in [-0.05, 0) is 19.8 Å². The SMILES string of the molecule is CC(=O)CCCCCN(N)/C=C(\N)COC(COC(CO)CO)COC(CO)CO. The summed E-state index contributed by atoms with van der Waals surface area (Å²) in [6.07, 6.45) is 2.56. The Labute approximate surface area is 178 Å². The highest BCUT2D eigenvalue weighted by atomic mass is 16.6. The second-order valence-electron chi connectivity index (χ2n) is 7.03. The molecule has 11 heteroatoms. The number of ether oxygens (including phenoxy) is 3. The molecule has 0 saturated carbocycles. The third-order valence-corrected chi connectivity index (χ3v) is 4.11. The van der Waals surface area contributed by atoms with Gasteiger partial charge in [-0.2, -0.15) is 0 Å². The summed E-state index contributed by atoms with van der Waals surface area (Å²) in [5, 5.41) is 37.8. The third-order valence-electron chi connectivity index (χ3n) is 4.11. The molecule has 0 unspecified atom stereocenters. The first kappa shape index (κ1) is 28.7. The van der Waals surface area contributed by atoms with Gasteiger partial charge in [-0.3, -0.25) is 0 Å². The molecule has 0 fully saturated rings. The summed E-state index contributed by atoms with van der Waals surface area (Å²) in [4.78, 5) is 10.9. The van der Waals surface area contributed by atoms with Gasteiger partial charge in [-0.25, -0.2) is 5.84 Å². The molecule has 0 aromatic heterocycles. The van der Waals surface area contributed by atoms with Crippen molar-refractivity contribution in [3.63, 3.8) is 0 Å². The number of carbonyl (C=O) groups is 1. The molecule has 0 bridgehead atoms. The molecule has 11 nitrogen and oxygen atoms in total. The lowest BCUT2D eigenvalue weighted by molar-refractivity contribution is -0.117. The van der Waals surface area contributed by atoms with Gasteiger partial charge < -0.3 is 50.2 Å². The Morgan fingerprint density at radius 2 is 1.43 bits per heavy atom. The van der Waals surface area contributed by atoms with Gasteiger partial charge in [0, 0.05) is 19.2 Å². The van der Waals surface area contributed by atoms with E-state index in [4.69, 9.17) is 46.2 Å². The minimum absolute atomic E-state index is 0.00509. The van der Waals surface area contributed by atoms with Crippen LogP contribution in [0, 0.1) is 0 Å². The second kappa shape index (κ2) is 18.5. The van der Waals surface area contributed by atoms with Crippen molar-refractivity contribution < 1.29 is 39.4 Å². The van der Waals surface area contributed by atoms with E-state index in [-0.39, 0.29) is 52.0 Å². The smallest absolute Gasteiger partial charge is 0.129 e. The van der Waals surface area contributed by atoms with Gasteiger partial charge in [0.15, 0.2) is 0 Å². The van der Waals surface area contributed by atoms with Crippen molar-refractivity contribution in [2.24, 2.45) is 11.6 Å². The van der Waals surface area contributed by atoms with Crippen LogP contribution in [0.4, 0.5) is 0 Å². The predicted octanol–water partition coefficient (Wildman–Crippen LogP) is -1.76. The Hall–Kier alpha value is -1.31. The summed E-state index contributed by atoms with van der Waals surface area (Å²) < 4.78 is 16.4. The van der Waals surface area contributed by atoms with Crippen LogP contribution in [0.1, 0.15) is 32.6 Å². The molecule has 0 aromatic carbocycles. The van der Waals surface area contributed by atoms with Crippen LogP contribution in [0.2, 0.25) is 0 Å². The molecule has 8 N–H and O–H groups in total. The average Bonchev–Trinajstić information content (AvgIpc) is 2.72. The van der Waals surface area contributed by atoms with E-state index in [0.29, 0.717) is 18.7 Å². The van der Waals surface area contributed by atoms with Crippen LogP contribution in [0.3, 0.4) is 0 Å². The number of Topliss-reactive ketones (excluding diaryl/α,β-unsaturated/α-hetero) is 1. The Kier molecular flexibility index (Phi) is 17.7. The number of aliphatic hydroxyl groups is 4. The maximum absolute atomic E-state index is 10.9. The van der Waals surface area contributed by atoms with E-state index in [1.54, 1.807) is 13.1 Å². The summed E-state index contributed by atoms with van der Waals surface area (Å²) >= 11 is 0. The lowest BCUT2D eigenvalue weighted by Crippen LogP contribution is -2.35. The Morgan fingerprint density at radius 3 is 1.90 bits per heavy atom. The summed E-state index contributed by atoms with van der Waals surface area (Å²) in [5.41, 5.74) is 6.31. The minimum atomic E-state index is -0.752. The maximum atomic E-state index is 10.9. The number of ketones is 1. The van der Waals surface area contributed by atoms with Crippen LogP contribution in [0.5, 0.6) is 0 Å². The molecule has 0 radical (unpaired) electrons. The number of unbranched alkanes of at least 4 members (excludes halogenated alkanes) is 2. The Morgan fingerprint density at radius 1 is 0.900 bits per heavy atom. The number of nitrogens with zero attached hydrogens (tertiary/aromatic N) is 1. The van der Waals surface area contributed by atoms with Gasteiger partial charge in [0.2, 0.25) is 0 Å². The normalized spacial score (nSPS) is 12.4. The van der Waals surface area contributed by atoms with E-state index in [1.807, 2.05) is 0 Å². The summed E-state index contributed by atoms with van der Waals surface area (Å²) in [6.45, 7) is 0.791. The fourth-order valence-electron chi connectivity index (χ4n) is 2.33. The standard InChI is InChI=1S/C19H39N3O8/c1-15(27)5-3-2-4-6-22(21)7-16(20)12-28-19(13-29-17(8-23)9-24)14-30-18(10-25)11-26/h7,17-19,23-26H,2-6,8-14,20-21H2,1H3/b16-7-. The van der Waals surface area contributed by atoms with E-state index in [2.05, 4.69) is 0 Å². The van der Waals surface area contributed by atoms with Gasteiger partial charge in [-0.15, -0.1) is 0 Å². The number of rotatable bonds is 20. The fraction of sp³-hybridized carbons (Fsp3) is 0.842. The van der Waals surface area contributed by atoms with E-state index >= 15 is 0 Å². The predicted molar refractivity (Wildman–Crippen MR) is 110 cm³/mol. The lowest BCUT2D eigenvalue weighted by atomic mass is 10.1. The van der Waals surface area contributed by atoms with Crippen LogP contribution in [0.25, 0.3) is 0 Å². The van der Waals surface area contributed by atoms with Crippen molar-refractivity contribution in [3.8, 4) is 0 Å². The van der Waals surface area contributed by atoms with Gasteiger partial charge in [0.25, 0.3) is 0 Å². The molecule has 0 rings (SSSR count). The van der Waals surface area contributed by atoms with Crippen LogP contribution >= 0.6 is 0 Å². The van der Waals surface area contributed by atoms with Crippen LogP contribution in [0.15, 0.2) is 11.9 Å². The highest BCUT2D eigenvalue weighted by Gasteiger charge is 2.17.